The molecular formula is C22H31IN4O2. The molecule has 0 spiro atoms. The molecule has 1 fully saturated rings. The largest absolute Gasteiger partial charge is 0.464 e. The summed E-state index contributed by atoms with van der Waals surface area (Å²) < 4.78 is 5.70. The van der Waals surface area contributed by atoms with E-state index in [4.69, 9.17) is 9.41 Å². The molecule has 0 aliphatic carbocycles. The number of furan rings is 1. The van der Waals surface area contributed by atoms with Gasteiger partial charge in [-0.2, -0.15) is 0 Å². The van der Waals surface area contributed by atoms with Gasteiger partial charge in [-0.3, -0.25) is 4.79 Å². The quantitative estimate of drug-likeness (QED) is 0.334. The molecule has 0 saturated carbocycles. The third-order valence-electron chi connectivity index (χ3n) is 4.84. The molecule has 1 amide bonds. The molecule has 7 heteroatoms. The standard InChI is InChI=1S/C22H30N4O2.HI/c1-4-23-22(25-17(3)20-11-10-16(2)28-20)24-14-18-7-5-8-19(13-18)15-26-12-6-9-21(26)27;/h5,7-8,10-11,13,17H,4,6,9,12,14-15H2,1-3H3,(H2,23,24,25);1H. The van der Waals surface area contributed by atoms with Crippen LogP contribution in [0.2, 0.25) is 0 Å². The first-order valence-electron chi connectivity index (χ1n) is 10.0. The summed E-state index contributed by atoms with van der Waals surface area (Å²) in [5.41, 5.74) is 2.28. The van der Waals surface area contributed by atoms with E-state index in [-0.39, 0.29) is 35.9 Å². The molecule has 0 bridgehead atoms. The van der Waals surface area contributed by atoms with E-state index in [0.29, 0.717) is 19.5 Å². The lowest BCUT2D eigenvalue weighted by atomic mass is 10.1. The van der Waals surface area contributed by atoms with Crippen LogP contribution in [0.4, 0.5) is 0 Å². The highest BCUT2D eigenvalue weighted by Gasteiger charge is 2.20. The van der Waals surface area contributed by atoms with Crippen molar-refractivity contribution in [3.63, 3.8) is 0 Å². The summed E-state index contributed by atoms with van der Waals surface area (Å²) in [6.07, 6.45) is 1.64. The van der Waals surface area contributed by atoms with Gasteiger partial charge in [0.1, 0.15) is 11.5 Å². The number of halogens is 1. The Morgan fingerprint density at radius 3 is 2.72 bits per heavy atom. The number of aliphatic imine (C=N–C) groups is 1. The summed E-state index contributed by atoms with van der Waals surface area (Å²) in [7, 11) is 0. The summed E-state index contributed by atoms with van der Waals surface area (Å²) >= 11 is 0. The number of hydrogen-bond acceptors (Lipinski definition) is 3. The lowest BCUT2D eigenvalue weighted by molar-refractivity contribution is -0.128. The van der Waals surface area contributed by atoms with Crippen LogP contribution in [0.5, 0.6) is 0 Å². The van der Waals surface area contributed by atoms with Crippen molar-refractivity contribution in [2.75, 3.05) is 13.1 Å². The lowest BCUT2D eigenvalue weighted by Gasteiger charge is -2.17. The van der Waals surface area contributed by atoms with E-state index >= 15 is 0 Å². The molecule has 1 aliphatic rings. The molecule has 1 aromatic heterocycles. The topological polar surface area (TPSA) is 69.9 Å². The Morgan fingerprint density at radius 2 is 2.07 bits per heavy atom. The Kier molecular flexibility index (Phi) is 9.00. The maximum absolute atomic E-state index is 11.9. The maximum Gasteiger partial charge on any atom is 0.222 e. The molecule has 6 nitrogen and oxygen atoms in total. The van der Waals surface area contributed by atoms with Crippen molar-refractivity contribution in [2.24, 2.45) is 4.99 Å². The average molecular weight is 510 g/mol. The van der Waals surface area contributed by atoms with E-state index < -0.39 is 0 Å². The van der Waals surface area contributed by atoms with Crippen LogP contribution in [0.1, 0.15) is 55.4 Å². The van der Waals surface area contributed by atoms with E-state index in [9.17, 15) is 4.79 Å². The van der Waals surface area contributed by atoms with Crippen LogP contribution in [0.15, 0.2) is 45.8 Å². The predicted octanol–water partition coefficient (Wildman–Crippen LogP) is 4.14. The monoisotopic (exact) mass is 510 g/mol. The molecule has 1 unspecified atom stereocenters. The third-order valence-corrected chi connectivity index (χ3v) is 4.84. The molecule has 2 N–H and O–H groups in total. The summed E-state index contributed by atoms with van der Waals surface area (Å²) in [6.45, 7) is 8.95. The van der Waals surface area contributed by atoms with E-state index in [1.165, 1.54) is 0 Å². The average Bonchev–Trinajstić information content (AvgIpc) is 3.29. The number of guanidine groups is 1. The zero-order valence-corrected chi connectivity index (χ0v) is 19.7. The summed E-state index contributed by atoms with van der Waals surface area (Å²) in [6, 6.07) is 12.3. The lowest BCUT2D eigenvalue weighted by Crippen LogP contribution is -2.38. The number of nitrogens with one attached hydrogen (secondary N) is 2. The number of amides is 1. The van der Waals surface area contributed by atoms with Crippen LogP contribution < -0.4 is 10.6 Å². The fourth-order valence-corrected chi connectivity index (χ4v) is 3.37. The summed E-state index contributed by atoms with van der Waals surface area (Å²) in [4.78, 5) is 18.5. The number of likely N-dealkylation sites (tertiary alicyclic amines) is 1. The van der Waals surface area contributed by atoms with Gasteiger partial charge in [0.05, 0.1) is 12.6 Å². The maximum atomic E-state index is 11.9. The van der Waals surface area contributed by atoms with Crippen LogP contribution in [0, 0.1) is 6.92 Å². The zero-order chi connectivity index (χ0) is 19.9. The fraction of sp³-hybridized carbons (Fsp3) is 0.455. The normalized spacial score (nSPS) is 15.2. The molecule has 2 heterocycles. The van der Waals surface area contributed by atoms with Crippen molar-refractivity contribution in [2.45, 2.75) is 52.7 Å². The Balaban J connectivity index is 0.00000300. The number of carbonyl (C=O) groups excluding carboxylic acids is 1. The van der Waals surface area contributed by atoms with Gasteiger partial charge in [-0.25, -0.2) is 4.99 Å². The van der Waals surface area contributed by atoms with Gasteiger partial charge in [-0.05, 0) is 50.5 Å². The number of aryl methyl sites for hydroxylation is 1. The van der Waals surface area contributed by atoms with E-state index in [2.05, 4.69) is 35.8 Å². The molecule has 1 atom stereocenters. The minimum absolute atomic E-state index is 0. The highest BCUT2D eigenvalue weighted by atomic mass is 127. The first-order valence-corrected chi connectivity index (χ1v) is 10.0. The van der Waals surface area contributed by atoms with Crippen molar-refractivity contribution >= 4 is 35.8 Å². The first-order chi connectivity index (χ1) is 13.5. The molecule has 158 valence electrons. The molecule has 2 aromatic rings. The van der Waals surface area contributed by atoms with Crippen LogP contribution in [-0.2, 0) is 17.9 Å². The molecule has 0 radical (unpaired) electrons. The second kappa shape index (κ2) is 11.2. The smallest absolute Gasteiger partial charge is 0.222 e. The van der Waals surface area contributed by atoms with Crippen molar-refractivity contribution in [1.29, 1.82) is 0 Å². The second-order valence-corrected chi connectivity index (χ2v) is 7.25. The van der Waals surface area contributed by atoms with Gasteiger partial charge in [0.2, 0.25) is 5.91 Å². The second-order valence-electron chi connectivity index (χ2n) is 7.25. The molecule has 3 rings (SSSR count). The van der Waals surface area contributed by atoms with Crippen molar-refractivity contribution in [3.8, 4) is 0 Å². The summed E-state index contributed by atoms with van der Waals surface area (Å²) in [5, 5.41) is 6.67. The van der Waals surface area contributed by atoms with Crippen LogP contribution in [0.3, 0.4) is 0 Å². The minimum Gasteiger partial charge on any atom is -0.464 e. The van der Waals surface area contributed by atoms with Crippen molar-refractivity contribution in [1.82, 2.24) is 15.5 Å². The Hall–Kier alpha value is -2.03. The number of nitrogens with zero attached hydrogens (tertiary/aromatic N) is 2. The van der Waals surface area contributed by atoms with Gasteiger partial charge >= 0.3 is 0 Å². The van der Waals surface area contributed by atoms with E-state index in [1.54, 1.807) is 0 Å². The molecular weight excluding hydrogens is 479 g/mol. The van der Waals surface area contributed by atoms with Gasteiger partial charge in [0, 0.05) is 26.1 Å². The molecule has 29 heavy (non-hydrogen) atoms. The van der Waals surface area contributed by atoms with Crippen molar-refractivity contribution < 1.29 is 9.21 Å². The number of rotatable bonds is 7. The van der Waals surface area contributed by atoms with E-state index in [0.717, 1.165) is 48.1 Å². The number of carbonyl (C=O) groups is 1. The van der Waals surface area contributed by atoms with Gasteiger partial charge in [0.15, 0.2) is 5.96 Å². The van der Waals surface area contributed by atoms with Gasteiger partial charge in [0.25, 0.3) is 0 Å². The van der Waals surface area contributed by atoms with Crippen LogP contribution in [0.25, 0.3) is 0 Å². The predicted molar refractivity (Wildman–Crippen MR) is 126 cm³/mol. The summed E-state index contributed by atoms with van der Waals surface area (Å²) in [5.74, 6) is 2.80. The SMILES string of the molecule is CCNC(=NCc1cccc(CN2CCCC2=O)c1)NC(C)c1ccc(C)o1.I. The number of benzene rings is 1. The van der Waals surface area contributed by atoms with Crippen molar-refractivity contribution in [3.05, 3.63) is 59.0 Å². The highest BCUT2D eigenvalue weighted by Crippen LogP contribution is 2.17. The Labute approximate surface area is 190 Å². The first kappa shape index (κ1) is 23.3. The fourth-order valence-electron chi connectivity index (χ4n) is 3.37. The Morgan fingerprint density at radius 1 is 1.28 bits per heavy atom. The van der Waals surface area contributed by atoms with Crippen LogP contribution >= 0.6 is 24.0 Å². The molecule has 1 aromatic carbocycles. The number of hydrogen-bond donors (Lipinski definition) is 2. The highest BCUT2D eigenvalue weighted by molar-refractivity contribution is 14.0. The molecule has 1 aliphatic heterocycles. The van der Waals surface area contributed by atoms with E-state index in [1.807, 2.05) is 36.9 Å². The minimum atomic E-state index is 0. The molecule has 1 saturated heterocycles. The zero-order valence-electron chi connectivity index (χ0n) is 17.4. The van der Waals surface area contributed by atoms with Gasteiger partial charge < -0.3 is 20.0 Å². The Bertz CT molecular complexity index is 834. The van der Waals surface area contributed by atoms with Crippen LogP contribution in [-0.4, -0.2) is 29.9 Å². The van der Waals surface area contributed by atoms with Gasteiger partial charge in [-0.15, -0.1) is 24.0 Å². The van der Waals surface area contributed by atoms with Gasteiger partial charge in [-0.1, -0.05) is 24.3 Å². The third kappa shape index (κ3) is 6.76.